The van der Waals surface area contributed by atoms with Gasteiger partial charge in [0.2, 0.25) is 0 Å². The molecule has 1 atom stereocenters. The zero-order valence-corrected chi connectivity index (χ0v) is 16.3. The van der Waals surface area contributed by atoms with Crippen molar-refractivity contribution in [2.45, 2.75) is 52.5 Å². The van der Waals surface area contributed by atoms with Gasteiger partial charge in [-0.15, -0.1) is 0 Å². The Labute approximate surface area is 160 Å². The molecule has 2 amide bonds. The Morgan fingerprint density at radius 2 is 2.04 bits per heavy atom. The van der Waals surface area contributed by atoms with E-state index < -0.39 is 0 Å². The van der Waals surface area contributed by atoms with E-state index >= 15 is 0 Å². The Morgan fingerprint density at radius 1 is 1.22 bits per heavy atom. The number of nitrogens with one attached hydrogen (secondary N) is 1. The summed E-state index contributed by atoms with van der Waals surface area (Å²) in [4.78, 5) is 31.7. The van der Waals surface area contributed by atoms with Crippen molar-refractivity contribution in [3.8, 4) is 0 Å². The molecule has 27 heavy (non-hydrogen) atoms. The summed E-state index contributed by atoms with van der Waals surface area (Å²) in [5.74, 6) is -0.311. The van der Waals surface area contributed by atoms with Crippen molar-refractivity contribution in [3.63, 3.8) is 0 Å². The molecule has 1 saturated heterocycles. The molecular formula is C22H27N3O2. The lowest BCUT2D eigenvalue weighted by Gasteiger charge is -2.35. The first-order valence-electron chi connectivity index (χ1n) is 9.66. The first-order valence-corrected chi connectivity index (χ1v) is 9.66. The van der Waals surface area contributed by atoms with Crippen LogP contribution in [0.2, 0.25) is 0 Å². The van der Waals surface area contributed by atoms with Crippen LogP contribution in [-0.4, -0.2) is 34.3 Å². The van der Waals surface area contributed by atoms with E-state index in [-0.39, 0.29) is 23.6 Å². The van der Waals surface area contributed by atoms with Crippen molar-refractivity contribution in [1.82, 2.24) is 9.88 Å². The molecule has 5 heteroatoms. The monoisotopic (exact) mass is 365 g/mol. The summed E-state index contributed by atoms with van der Waals surface area (Å²) in [6, 6.07) is 9.36. The Kier molecular flexibility index (Phi) is 5.89. The molecule has 0 spiro atoms. The van der Waals surface area contributed by atoms with Crippen LogP contribution in [-0.2, 0) is 0 Å². The minimum Gasteiger partial charge on any atom is -0.336 e. The quantitative estimate of drug-likeness (QED) is 0.876. The molecule has 1 N–H and O–H groups in total. The summed E-state index contributed by atoms with van der Waals surface area (Å²) < 4.78 is 0. The van der Waals surface area contributed by atoms with Gasteiger partial charge >= 0.3 is 0 Å². The van der Waals surface area contributed by atoms with E-state index in [4.69, 9.17) is 0 Å². The second kappa shape index (κ2) is 8.33. The van der Waals surface area contributed by atoms with Gasteiger partial charge in [0, 0.05) is 30.0 Å². The fraction of sp³-hybridized carbons (Fsp3) is 0.409. The molecule has 1 aliphatic rings. The number of benzene rings is 1. The van der Waals surface area contributed by atoms with Crippen LogP contribution in [0.3, 0.4) is 0 Å². The molecule has 0 aliphatic carbocycles. The van der Waals surface area contributed by atoms with Gasteiger partial charge in [-0.05, 0) is 68.9 Å². The van der Waals surface area contributed by atoms with Crippen LogP contribution in [0, 0.1) is 13.8 Å². The smallest absolute Gasteiger partial charge is 0.274 e. The number of rotatable bonds is 4. The number of carbonyl (C=O) groups excluding carboxylic acids is 2. The van der Waals surface area contributed by atoms with E-state index in [2.05, 4.69) is 17.2 Å². The summed E-state index contributed by atoms with van der Waals surface area (Å²) in [5, 5.41) is 2.91. The van der Waals surface area contributed by atoms with Gasteiger partial charge in [0.25, 0.3) is 11.8 Å². The minimum absolute atomic E-state index is 0.00950. The van der Waals surface area contributed by atoms with Crippen LogP contribution in [0.4, 0.5) is 5.69 Å². The summed E-state index contributed by atoms with van der Waals surface area (Å²) in [6.07, 6.45) is 5.75. The predicted octanol–water partition coefficient (Wildman–Crippen LogP) is 4.36. The molecular weight excluding hydrogens is 338 g/mol. The van der Waals surface area contributed by atoms with Crippen molar-refractivity contribution in [2.75, 3.05) is 11.9 Å². The van der Waals surface area contributed by atoms with E-state index in [0.717, 1.165) is 42.6 Å². The van der Waals surface area contributed by atoms with E-state index in [1.165, 1.54) is 12.6 Å². The molecule has 2 aromatic rings. The standard InChI is InChI=1S/C22H27N3O2/c1-4-18-9-5-6-13-25(18)22(27)17-11-12-23-20(14-17)21(26)24-19-10-7-8-15(2)16(19)3/h7-8,10-12,14,18H,4-6,9,13H2,1-3H3,(H,24,26). The first-order chi connectivity index (χ1) is 13.0. The molecule has 2 heterocycles. The molecule has 1 unspecified atom stereocenters. The number of hydrogen-bond acceptors (Lipinski definition) is 3. The second-order valence-corrected chi connectivity index (χ2v) is 7.19. The number of piperidine rings is 1. The van der Waals surface area contributed by atoms with E-state index in [9.17, 15) is 9.59 Å². The van der Waals surface area contributed by atoms with Gasteiger partial charge in [0.05, 0.1) is 0 Å². The maximum atomic E-state index is 13.0. The van der Waals surface area contributed by atoms with Gasteiger partial charge in [-0.2, -0.15) is 0 Å². The third-order valence-corrected chi connectivity index (χ3v) is 5.45. The zero-order chi connectivity index (χ0) is 19.4. The van der Waals surface area contributed by atoms with Crippen molar-refractivity contribution in [3.05, 3.63) is 58.9 Å². The molecule has 1 aromatic carbocycles. The highest BCUT2D eigenvalue weighted by Gasteiger charge is 2.26. The van der Waals surface area contributed by atoms with Crippen LogP contribution in [0.1, 0.15) is 64.6 Å². The topological polar surface area (TPSA) is 62.3 Å². The van der Waals surface area contributed by atoms with Gasteiger partial charge < -0.3 is 10.2 Å². The summed E-state index contributed by atoms with van der Waals surface area (Å²) in [5.41, 5.74) is 3.68. The average Bonchev–Trinajstić information content (AvgIpc) is 2.71. The minimum atomic E-state index is -0.302. The molecule has 1 fully saturated rings. The zero-order valence-electron chi connectivity index (χ0n) is 16.3. The van der Waals surface area contributed by atoms with Crippen LogP contribution in [0.15, 0.2) is 36.5 Å². The molecule has 142 valence electrons. The highest BCUT2D eigenvalue weighted by atomic mass is 16.2. The Balaban J connectivity index is 1.79. The number of likely N-dealkylation sites (tertiary alicyclic amines) is 1. The molecule has 3 rings (SSSR count). The van der Waals surface area contributed by atoms with Crippen LogP contribution < -0.4 is 5.32 Å². The van der Waals surface area contributed by atoms with E-state index in [1.54, 1.807) is 12.1 Å². The lowest BCUT2D eigenvalue weighted by molar-refractivity contribution is 0.0608. The number of hydrogen-bond donors (Lipinski definition) is 1. The number of aryl methyl sites for hydroxylation is 1. The maximum absolute atomic E-state index is 13.0. The Hall–Kier alpha value is -2.69. The van der Waals surface area contributed by atoms with E-state index in [0.29, 0.717) is 5.56 Å². The van der Waals surface area contributed by atoms with Crippen molar-refractivity contribution >= 4 is 17.5 Å². The fourth-order valence-corrected chi connectivity index (χ4v) is 3.62. The SMILES string of the molecule is CCC1CCCCN1C(=O)c1ccnc(C(=O)Nc2cccc(C)c2C)c1. The summed E-state index contributed by atoms with van der Waals surface area (Å²) in [6.45, 7) is 6.88. The Bertz CT molecular complexity index is 847. The normalized spacial score (nSPS) is 16.9. The fourth-order valence-electron chi connectivity index (χ4n) is 3.62. The second-order valence-electron chi connectivity index (χ2n) is 7.19. The summed E-state index contributed by atoms with van der Waals surface area (Å²) in [7, 11) is 0. The highest BCUT2D eigenvalue weighted by Crippen LogP contribution is 2.22. The van der Waals surface area contributed by atoms with Crippen molar-refractivity contribution < 1.29 is 9.59 Å². The predicted molar refractivity (Wildman–Crippen MR) is 107 cm³/mol. The van der Waals surface area contributed by atoms with Gasteiger partial charge in [-0.3, -0.25) is 14.6 Å². The highest BCUT2D eigenvalue weighted by molar-refractivity contribution is 6.05. The molecule has 5 nitrogen and oxygen atoms in total. The van der Waals surface area contributed by atoms with E-state index in [1.807, 2.05) is 36.9 Å². The lowest BCUT2D eigenvalue weighted by Crippen LogP contribution is -2.43. The number of amides is 2. The third-order valence-electron chi connectivity index (χ3n) is 5.45. The molecule has 0 radical (unpaired) electrons. The number of anilines is 1. The van der Waals surface area contributed by atoms with Crippen LogP contribution in [0.25, 0.3) is 0 Å². The number of aromatic nitrogens is 1. The number of carbonyl (C=O) groups is 2. The third kappa shape index (κ3) is 4.18. The van der Waals surface area contributed by atoms with Crippen LogP contribution >= 0.6 is 0 Å². The first kappa shape index (κ1) is 19.1. The maximum Gasteiger partial charge on any atom is 0.274 e. The Morgan fingerprint density at radius 3 is 2.81 bits per heavy atom. The van der Waals surface area contributed by atoms with Crippen LogP contribution in [0.5, 0.6) is 0 Å². The average molecular weight is 365 g/mol. The van der Waals surface area contributed by atoms with Gasteiger partial charge in [-0.25, -0.2) is 0 Å². The summed E-state index contributed by atoms with van der Waals surface area (Å²) >= 11 is 0. The molecule has 0 saturated carbocycles. The number of nitrogens with zero attached hydrogens (tertiary/aromatic N) is 2. The van der Waals surface area contributed by atoms with Gasteiger partial charge in [0.15, 0.2) is 0 Å². The molecule has 1 aromatic heterocycles. The van der Waals surface area contributed by atoms with Gasteiger partial charge in [0.1, 0.15) is 5.69 Å². The van der Waals surface area contributed by atoms with Crippen molar-refractivity contribution in [1.29, 1.82) is 0 Å². The molecule has 1 aliphatic heterocycles. The largest absolute Gasteiger partial charge is 0.336 e. The number of pyridine rings is 1. The lowest BCUT2D eigenvalue weighted by atomic mass is 9.99. The van der Waals surface area contributed by atoms with Crippen molar-refractivity contribution in [2.24, 2.45) is 0 Å². The molecule has 0 bridgehead atoms. The van der Waals surface area contributed by atoms with Gasteiger partial charge in [-0.1, -0.05) is 19.1 Å².